The normalized spacial score (nSPS) is 14.6. The highest BCUT2D eigenvalue weighted by Crippen LogP contribution is 2.23. The molecule has 0 radical (unpaired) electrons. The number of piperazine rings is 1. The van der Waals surface area contributed by atoms with Gasteiger partial charge >= 0.3 is 0 Å². The van der Waals surface area contributed by atoms with Gasteiger partial charge in [-0.1, -0.05) is 12.1 Å². The van der Waals surface area contributed by atoms with Gasteiger partial charge in [0.1, 0.15) is 24.0 Å². The smallest absolute Gasteiger partial charge is 0.224 e. The molecular weight excluding hydrogens is 452 g/mol. The zero-order chi connectivity index (χ0) is 24.6. The fraction of sp³-hybridized carbons (Fsp3) is 0.346. The van der Waals surface area contributed by atoms with E-state index in [2.05, 4.69) is 32.1 Å². The molecule has 9 heteroatoms. The largest absolute Gasteiger partial charge is 0.492 e. The van der Waals surface area contributed by atoms with Crippen molar-refractivity contribution in [3.8, 4) is 17.1 Å². The van der Waals surface area contributed by atoms with E-state index < -0.39 is 5.82 Å². The van der Waals surface area contributed by atoms with Gasteiger partial charge in [0.2, 0.25) is 5.91 Å². The number of nitrogens with one attached hydrogen (secondary N) is 1. The Balaban J connectivity index is 1.26. The van der Waals surface area contributed by atoms with Gasteiger partial charge in [0, 0.05) is 57.7 Å². The Morgan fingerprint density at radius 3 is 2.51 bits per heavy atom. The Labute approximate surface area is 203 Å². The van der Waals surface area contributed by atoms with Crippen LogP contribution in [0.1, 0.15) is 11.1 Å². The van der Waals surface area contributed by atoms with Gasteiger partial charge in [0.25, 0.3) is 0 Å². The molecule has 3 aromatic rings. The molecule has 2 heterocycles. The molecule has 0 spiro atoms. The molecule has 7 nitrogen and oxygen atoms in total. The summed E-state index contributed by atoms with van der Waals surface area (Å²) in [7, 11) is 2.11. The number of halogens is 2. The van der Waals surface area contributed by atoms with Crippen LogP contribution >= 0.6 is 0 Å². The molecule has 1 N–H and O–H groups in total. The van der Waals surface area contributed by atoms with Gasteiger partial charge in [0.05, 0.1) is 12.0 Å². The number of benzene rings is 2. The van der Waals surface area contributed by atoms with E-state index in [1.54, 1.807) is 24.3 Å². The molecule has 1 aromatic heterocycles. The van der Waals surface area contributed by atoms with E-state index >= 15 is 0 Å². The highest BCUT2D eigenvalue weighted by Gasteiger charge is 2.14. The zero-order valence-electron chi connectivity index (χ0n) is 19.7. The standard InChI is InChI=1S/C26H29F2N5O2/c1-32-7-9-33(10-8-32)11-12-35-22-5-6-23(24(28)15-22)26-30-17-20(18-31-26)14-25(34)29-16-19-3-2-4-21(27)13-19/h2-6,13,15,17-18H,7-12,14,16H2,1H3,(H,29,34). The van der Waals surface area contributed by atoms with Crippen molar-refractivity contribution in [1.82, 2.24) is 25.1 Å². The number of hydrogen-bond donors (Lipinski definition) is 1. The molecule has 35 heavy (non-hydrogen) atoms. The Bertz CT molecular complexity index is 1130. The summed E-state index contributed by atoms with van der Waals surface area (Å²) in [4.78, 5) is 25.2. The van der Waals surface area contributed by atoms with Gasteiger partial charge in [-0.15, -0.1) is 0 Å². The van der Waals surface area contributed by atoms with Crippen molar-refractivity contribution in [2.24, 2.45) is 0 Å². The summed E-state index contributed by atoms with van der Waals surface area (Å²) in [5.74, 6) is -0.363. The van der Waals surface area contributed by atoms with Crippen LogP contribution in [-0.2, 0) is 17.8 Å². The summed E-state index contributed by atoms with van der Waals surface area (Å²) in [5, 5.41) is 2.74. The second kappa shape index (κ2) is 11.8. The van der Waals surface area contributed by atoms with Crippen molar-refractivity contribution in [2.45, 2.75) is 13.0 Å². The maximum Gasteiger partial charge on any atom is 0.224 e. The summed E-state index contributed by atoms with van der Waals surface area (Å²) >= 11 is 0. The number of amides is 1. The monoisotopic (exact) mass is 481 g/mol. The maximum atomic E-state index is 14.7. The maximum absolute atomic E-state index is 14.7. The number of ether oxygens (including phenoxy) is 1. The molecular formula is C26H29F2N5O2. The molecule has 1 fully saturated rings. The average Bonchev–Trinajstić information content (AvgIpc) is 2.85. The quantitative estimate of drug-likeness (QED) is 0.507. The lowest BCUT2D eigenvalue weighted by Crippen LogP contribution is -2.45. The minimum Gasteiger partial charge on any atom is -0.492 e. The number of aromatic nitrogens is 2. The first kappa shape index (κ1) is 24.7. The first-order valence-corrected chi connectivity index (χ1v) is 11.6. The van der Waals surface area contributed by atoms with Gasteiger partial charge < -0.3 is 15.0 Å². The number of carbonyl (C=O) groups is 1. The molecule has 1 aliphatic rings. The van der Waals surface area contributed by atoms with Crippen LogP contribution < -0.4 is 10.1 Å². The first-order chi connectivity index (χ1) is 17.0. The van der Waals surface area contributed by atoms with Gasteiger partial charge in [-0.05, 0) is 42.4 Å². The lowest BCUT2D eigenvalue weighted by Gasteiger charge is -2.32. The van der Waals surface area contributed by atoms with Crippen LogP contribution in [-0.4, -0.2) is 72.1 Å². The molecule has 0 bridgehead atoms. The summed E-state index contributed by atoms with van der Waals surface area (Å²) in [5.41, 5.74) is 1.53. The van der Waals surface area contributed by atoms with E-state index in [-0.39, 0.29) is 36.1 Å². The summed E-state index contributed by atoms with van der Waals surface area (Å²) < 4.78 is 33.7. The molecule has 2 aromatic carbocycles. The van der Waals surface area contributed by atoms with Gasteiger partial charge in [-0.2, -0.15) is 0 Å². The summed E-state index contributed by atoms with van der Waals surface area (Å²) in [6.07, 6.45) is 3.08. The van der Waals surface area contributed by atoms with Gasteiger partial charge in [-0.3, -0.25) is 9.69 Å². The zero-order valence-corrected chi connectivity index (χ0v) is 19.7. The Morgan fingerprint density at radius 2 is 1.80 bits per heavy atom. The molecule has 1 aliphatic heterocycles. The Kier molecular flexibility index (Phi) is 8.33. The van der Waals surface area contributed by atoms with E-state index in [4.69, 9.17) is 4.74 Å². The molecule has 4 rings (SSSR count). The molecule has 184 valence electrons. The van der Waals surface area contributed by atoms with Crippen molar-refractivity contribution in [3.63, 3.8) is 0 Å². The topological polar surface area (TPSA) is 70.6 Å². The first-order valence-electron chi connectivity index (χ1n) is 11.6. The van der Waals surface area contributed by atoms with Crippen molar-refractivity contribution in [1.29, 1.82) is 0 Å². The number of likely N-dealkylation sites (N-methyl/N-ethyl adjacent to an activating group) is 1. The van der Waals surface area contributed by atoms with Crippen molar-refractivity contribution in [2.75, 3.05) is 46.4 Å². The van der Waals surface area contributed by atoms with E-state index in [1.165, 1.54) is 30.6 Å². The Morgan fingerprint density at radius 1 is 1.03 bits per heavy atom. The van der Waals surface area contributed by atoms with E-state index in [9.17, 15) is 13.6 Å². The molecule has 0 aliphatic carbocycles. The Hall–Kier alpha value is -3.43. The van der Waals surface area contributed by atoms with Crippen LogP contribution in [0, 0.1) is 11.6 Å². The van der Waals surface area contributed by atoms with Gasteiger partial charge in [0.15, 0.2) is 5.82 Å². The average molecular weight is 482 g/mol. The lowest BCUT2D eigenvalue weighted by molar-refractivity contribution is -0.120. The fourth-order valence-corrected chi connectivity index (χ4v) is 3.81. The molecule has 0 saturated carbocycles. The van der Waals surface area contributed by atoms with E-state index in [1.807, 2.05) is 0 Å². The van der Waals surface area contributed by atoms with Crippen LogP contribution in [0.3, 0.4) is 0 Å². The number of hydrogen-bond acceptors (Lipinski definition) is 6. The van der Waals surface area contributed by atoms with Crippen molar-refractivity contribution in [3.05, 3.63) is 77.6 Å². The van der Waals surface area contributed by atoms with Crippen molar-refractivity contribution < 1.29 is 18.3 Å². The SMILES string of the molecule is CN1CCN(CCOc2ccc(-c3ncc(CC(=O)NCc4cccc(F)c4)cn3)c(F)c2)CC1. The number of carbonyl (C=O) groups excluding carboxylic acids is 1. The van der Waals surface area contributed by atoms with E-state index in [0.717, 1.165) is 32.7 Å². The van der Waals surface area contributed by atoms with Crippen LogP contribution in [0.15, 0.2) is 54.9 Å². The third-order valence-corrected chi connectivity index (χ3v) is 5.90. The predicted molar refractivity (Wildman–Crippen MR) is 129 cm³/mol. The van der Waals surface area contributed by atoms with Gasteiger partial charge in [-0.25, -0.2) is 18.7 Å². The second-order valence-electron chi connectivity index (χ2n) is 8.63. The number of nitrogens with zero attached hydrogens (tertiary/aromatic N) is 4. The molecule has 0 atom stereocenters. The van der Waals surface area contributed by atoms with Crippen LogP contribution in [0.5, 0.6) is 5.75 Å². The third kappa shape index (κ3) is 7.27. The second-order valence-corrected chi connectivity index (χ2v) is 8.63. The minimum atomic E-state index is -0.470. The highest BCUT2D eigenvalue weighted by atomic mass is 19.1. The fourth-order valence-electron chi connectivity index (χ4n) is 3.81. The van der Waals surface area contributed by atoms with E-state index in [0.29, 0.717) is 23.5 Å². The van der Waals surface area contributed by atoms with Crippen molar-refractivity contribution >= 4 is 5.91 Å². The lowest BCUT2D eigenvalue weighted by atomic mass is 10.1. The molecule has 1 amide bonds. The predicted octanol–water partition coefficient (Wildman–Crippen LogP) is 2.91. The molecule has 1 saturated heterocycles. The van der Waals surface area contributed by atoms with Crippen LogP contribution in [0.2, 0.25) is 0 Å². The molecule has 0 unspecified atom stereocenters. The van der Waals surface area contributed by atoms with Crippen LogP contribution in [0.4, 0.5) is 8.78 Å². The summed E-state index contributed by atoms with van der Waals surface area (Å²) in [6, 6.07) is 10.7. The highest BCUT2D eigenvalue weighted by molar-refractivity contribution is 5.78. The number of rotatable bonds is 9. The minimum absolute atomic E-state index is 0.0676. The van der Waals surface area contributed by atoms with Crippen LogP contribution in [0.25, 0.3) is 11.4 Å². The summed E-state index contributed by atoms with van der Waals surface area (Å²) in [6.45, 7) is 5.63. The third-order valence-electron chi connectivity index (χ3n) is 5.90.